The van der Waals surface area contributed by atoms with Crippen molar-refractivity contribution in [3.05, 3.63) is 23.3 Å². The minimum absolute atomic E-state index is 0.0514. The Morgan fingerprint density at radius 1 is 1.18 bits per heavy atom. The van der Waals surface area contributed by atoms with Crippen molar-refractivity contribution in [2.75, 3.05) is 27.8 Å². The van der Waals surface area contributed by atoms with Crippen LogP contribution >= 0.6 is 0 Å². The highest BCUT2D eigenvalue weighted by Crippen LogP contribution is 2.37. The monoisotopic (exact) mass is 245 g/mol. The SMILES string of the molecule is CNCC(F)(F)c1cc(OC)c(OC)cc1C. The molecule has 96 valence electrons. The van der Waals surface area contributed by atoms with E-state index in [0.717, 1.165) is 0 Å². The second-order valence-corrected chi connectivity index (χ2v) is 3.76. The van der Waals surface area contributed by atoms with Crippen molar-refractivity contribution in [2.24, 2.45) is 0 Å². The zero-order valence-electron chi connectivity index (χ0n) is 10.4. The molecular weight excluding hydrogens is 228 g/mol. The average molecular weight is 245 g/mol. The van der Waals surface area contributed by atoms with Gasteiger partial charge in [0, 0.05) is 5.56 Å². The molecule has 0 aromatic heterocycles. The molecule has 0 aliphatic heterocycles. The van der Waals surface area contributed by atoms with E-state index < -0.39 is 12.5 Å². The molecule has 0 radical (unpaired) electrons. The first-order chi connectivity index (χ1) is 7.96. The van der Waals surface area contributed by atoms with Crippen molar-refractivity contribution in [1.82, 2.24) is 5.32 Å². The molecule has 0 saturated heterocycles. The lowest BCUT2D eigenvalue weighted by Crippen LogP contribution is -2.28. The fourth-order valence-electron chi connectivity index (χ4n) is 1.69. The predicted octanol–water partition coefficient (Wildman–Crippen LogP) is 2.32. The Bertz CT molecular complexity index is 394. The second-order valence-electron chi connectivity index (χ2n) is 3.76. The molecule has 0 spiro atoms. The van der Waals surface area contributed by atoms with Crippen LogP contribution in [0.15, 0.2) is 12.1 Å². The Morgan fingerprint density at radius 2 is 1.71 bits per heavy atom. The number of rotatable bonds is 5. The summed E-state index contributed by atoms with van der Waals surface area (Å²) in [7, 11) is 4.39. The maximum absolute atomic E-state index is 13.8. The Hall–Kier alpha value is -1.36. The van der Waals surface area contributed by atoms with Crippen LogP contribution in [0.5, 0.6) is 11.5 Å². The summed E-state index contributed by atoms with van der Waals surface area (Å²) in [5.41, 5.74) is 0.424. The second kappa shape index (κ2) is 5.31. The third-order valence-corrected chi connectivity index (χ3v) is 2.52. The predicted molar refractivity (Wildman–Crippen MR) is 62.1 cm³/mol. The van der Waals surface area contributed by atoms with Crippen LogP contribution in [-0.2, 0) is 5.92 Å². The lowest BCUT2D eigenvalue weighted by atomic mass is 10.0. The van der Waals surface area contributed by atoms with E-state index in [-0.39, 0.29) is 5.56 Å². The molecule has 0 heterocycles. The summed E-state index contributed by atoms with van der Waals surface area (Å²) in [6.07, 6.45) is 0. The van der Waals surface area contributed by atoms with Crippen LogP contribution in [0.1, 0.15) is 11.1 Å². The Balaban J connectivity index is 3.25. The number of nitrogens with one attached hydrogen (secondary N) is 1. The fraction of sp³-hybridized carbons (Fsp3) is 0.500. The van der Waals surface area contributed by atoms with Crippen LogP contribution < -0.4 is 14.8 Å². The molecule has 0 amide bonds. The number of halogens is 2. The number of hydrogen-bond donors (Lipinski definition) is 1. The van der Waals surface area contributed by atoms with E-state index in [9.17, 15) is 8.78 Å². The molecule has 17 heavy (non-hydrogen) atoms. The number of aryl methyl sites for hydroxylation is 1. The quantitative estimate of drug-likeness (QED) is 0.863. The van der Waals surface area contributed by atoms with Crippen molar-refractivity contribution < 1.29 is 18.3 Å². The van der Waals surface area contributed by atoms with Crippen LogP contribution in [0, 0.1) is 6.92 Å². The number of benzene rings is 1. The van der Waals surface area contributed by atoms with E-state index in [4.69, 9.17) is 9.47 Å². The molecule has 3 nitrogen and oxygen atoms in total. The molecule has 1 N–H and O–H groups in total. The van der Waals surface area contributed by atoms with Gasteiger partial charge in [-0.25, -0.2) is 0 Å². The van der Waals surface area contributed by atoms with Crippen molar-refractivity contribution in [3.8, 4) is 11.5 Å². The van der Waals surface area contributed by atoms with Gasteiger partial charge in [-0.3, -0.25) is 0 Å². The summed E-state index contributed by atoms with van der Waals surface area (Å²) < 4.78 is 37.7. The number of ether oxygens (including phenoxy) is 2. The average Bonchev–Trinajstić information content (AvgIpc) is 2.28. The van der Waals surface area contributed by atoms with Gasteiger partial charge >= 0.3 is 0 Å². The van der Waals surface area contributed by atoms with Gasteiger partial charge in [-0.1, -0.05) is 0 Å². The first kappa shape index (κ1) is 13.7. The van der Waals surface area contributed by atoms with Crippen molar-refractivity contribution in [2.45, 2.75) is 12.8 Å². The molecule has 0 saturated carbocycles. The normalized spacial score (nSPS) is 11.4. The van der Waals surface area contributed by atoms with Crippen LogP contribution in [0.2, 0.25) is 0 Å². The van der Waals surface area contributed by atoms with E-state index in [1.54, 1.807) is 13.0 Å². The van der Waals surface area contributed by atoms with Gasteiger partial charge in [0.2, 0.25) is 0 Å². The Labute approximate surface area is 99.7 Å². The lowest BCUT2D eigenvalue weighted by molar-refractivity contribution is -0.00210. The molecule has 0 aliphatic rings. The highest BCUT2D eigenvalue weighted by atomic mass is 19.3. The summed E-state index contributed by atoms with van der Waals surface area (Å²) in [5.74, 6) is -2.17. The van der Waals surface area contributed by atoms with Crippen molar-refractivity contribution in [3.63, 3.8) is 0 Å². The van der Waals surface area contributed by atoms with Crippen LogP contribution in [0.3, 0.4) is 0 Å². The van der Waals surface area contributed by atoms with Gasteiger partial charge in [0.25, 0.3) is 5.92 Å². The van der Waals surface area contributed by atoms with Gasteiger partial charge in [0.15, 0.2) is 11.5 Å². The molecular formula is C12H17F2NO2. The number of methoxy groups -OCH3 is 2. The van der Waals surface area contributed by atoms with Gasteiger partial charge in [-0.05, 0) is 31.7 Å². The number of hydrogen-bond acceptors (Lipinski definition) is 3. The van der Waals surface area contributed by atoms with Gasteiger partial charge in [-0.15, -0.1) is 0 Å². The molecule has 5 heteroatoms. The summed E-state index contributed by atoms with van der Waals surface area (Å²) in [6, 6.07) is 2.88. The maximum Gasteiger partial charge on any atom is 0.285 e. The van der Waals surface area contributed by atoms with Crippen LogP contribution in [0.25, 0.3) is 0 Å². The third-order valence-electron chi connectivity index (χ3n) is 2.52. The number of likely N-dealkylation sites (N-methyl/N-ethyl adjacent to an activating group) is 1. The first-order valence-corrected chi connectivity index (χ1v) is 5.21. The summed E-state index contributed by atoms with van der Waals surface area (Å²) in [4.78, 5) is 0. The highest BCUT2D eigenvalue weighted by molar-refractivity contribution is 5.48. The molecule has 1 aromatic carbocycles. The van der Waals surface area contributed by atoms with E-state index in [1.165, 1.54) is 27.3 Å². The van der Waals surface area contributed by atoms with Crippen molar-refractivity contribution >= 4 is 0 Å². The standard InChI is InChI=1S/C12H17F2NO2/c1-8-5-10(16-3)11(17-4)6-9(8)12(13,14)7-15-2/h5-6,15H,7H2,1-4H3. The van der Waals surface area contributed by atoms with E-state index in [2.05, 4.69) is 5.32 Å². The zero-order valence-corrected chi connectivity index (χ0v) is 10.4. The van der Waals surface area contributed by atoms with E-state index >= 15 is 0 Å². The number of alkyl halides is 2. The smallest absolute Gasteiger partial charge is 0.285 e. The molecule has 1 aromatic rings. The summed E-state index contributed by atoms with van der Waals surface area (Å²) in [6.45, 7) is 1.21. The Morgan fingerprint density at radius 3 is 2.18 bits per heavy atom. The van der Waals surface area contributed by atoms with Crippen molar-refractivity contribution in [1.29, 1.82) is 0 Å². The largest absolute Gasteiger partial charge is 0.493 e. The lowest BCUT2D eigenvalue weighted by Gasteiger charge is -2.20. The Kier molecular flexibility index (Phi) is 4.28. The van der Waals surface area contributed by atoms with Gasteiger partial charge in [0.1, 0.15) is 0 Å². The minimum Gasteiger partial charge on any atom is -0.493 e. The van der Waals surface area contributed by atoms with E-state index in [1.807, 2.05) is 0 Å². The molecule has 0 aliphatic carbocycles. The summed E-state index contributed by atoms with van der Waals surface area (Å²) >= 11 is 0. The fourth-order valence-corrected chi connectivity index (χ4v) is 1.69. The molecule has 1 rings (SSSR count). The topological polar surface area (TPSA) is 30.5 Å². The molecule has 0 fully saturated rings. The minimum atomic E-state index is -2.93. The molecule has 0 unspecified atom stereocenters. The van der Waals surface area contributed by atoms with Gasteiger partial charge in [-0.2, -0.15) is 8.78 Å². The molecule has 0 atom stereocenters. The van der Waals surface area contributed by atoms with Gasteiger partial charge in [0.05, 0.1) is 20.8 Å². The van der Waals surface area contributed by atoms with Crippen LogP contribution in [0.4, 0.5) is 8.78 Å². The zero-order chi connectivity index (χ0) is 13.1. The van der Waals surface area contributed by atoms with Gasteiger partial charge < -0.3 is 14.8 Å². The maximum atomic E-state index is 13.8. The third kappa shape index (κ3) is 2.85. The first-order valence-electron chi connectivity index (χ1n) is 5.21. The van der Waals surface area contributed by atoms with E-state index in [0.29, 0.717) is 17.1 Å². The van der Waals surface area contributed by atoms with Crippen LogP contribution in [-0.4, -0.2) is 27.8 Å². The molecule has 0 bridgehead atoms. The summed E-state index contributed by atoms with van der Waals surface area (Å²) in [5, 5.41) is 2.48. The highest BCUT2D eigenvalue weighted by Gasteiger charge is 2.33.